The molecule has 0 saturated carbocycles. The largest absolute Gasteiger partial charge is 0.493 e. The van der Waals surface area contributed by atoms with E-state index in [4.69, 9.17) is 44.3 Å². The Bertz CT molecular complexity index is 868. The molecule has 9 heteroatoms. The molecular formula is C17H15Cl3N4O2. The molecule has 0 aliphatic carbocycles. The molecule has 0 bridgehead atoms. The normalized spacial score (nSPS) is 10.6. The maximum Gasteiger partial charge on any atom is 0.218 e. The Morgan fingerprint density at radius 2 is 1.85 bits per heavy atom. The quantitative estimate of drug-likeness (QED) is 0.572. The molecule has 0 aliphatic rings. The van der Waals surface area contributed by atoms with Crippen molar-refractivity contribution in [2.24, 2.45) is 0 Å². The van der Waals surface area contributed by atoms with E-state index in [0.29, 0.717) is 44.6 Å². The van der Waals surface area contributed by atoms with E-state index < -0.39 is 0 Å². The van der Waals surface area contributed by atoms with Gasteiger partial charge in [-0.05, 0) is 23.8 Å². The average molecular weight is 414 g/mol. The van der Waals surface area contributed by atoms with E-state index in [1.807, 2.05) is 0 Å². The number of nitrogens with zero attached hydrogens (tertiary/aromatic N) is 2. The van der Waals surface area contributed by atoms with Crippen LogP contribution in [0.25, 0.3) is 0 Å². The van der Waals surface area contributed by atoms with E-state index in [-0.39, 0.29) is 6.61 Å². The predicted molar refractivity (Wildman–Crippen MR) is 103 cm³/mol. The summed E-state index contributed by atoms with van der Waals surface area (Å²) < 4.78 is 11.2. The summed E-state index contributed by atoms with van der Waals surface area (Å²) in [5, 5.41) is 11.2. The lowest BCUT2D eigenvalue weighted by atomic mass is 10.2. The van der Waals surface area contributed by atoms with Crippen molar-refractivity contribution in [2.75, 3.05) is 12.4 Å². The number of halogens is 3. The zero-order valence-electron chi connectivity index (χ0n) is 13.7. The van der Waals surface area contributed by atoms with E-state index in [0.717, 1.165) is 5.56 Å². The lowest BCUT2D eigenvalue weighted by Crippen LogP contribution is -2.04. The smallest absolute Gasteiger partial charge is 0.218 e. The number of rotatable bonds is 7. The molecule has 6 nitrogen and oxygen atoms in total. The van der Waals surface area contributed by atoms with E-state index in [1.165, 1.54) is 6.33 Å². The Balaban J connectivity index is 1.76. The van der Waals surface area contributed by atoms with Crippen molar-refractivity contribution in [1.29, 1.82) is 0 Å². The fourth-order valence-corrected chi connectivity index (χ4v) is 3.00. The Kier molecular flexibility index (Phi) is 6.08. The van der Waals surface area contributed by atoms with Crippen molar-refractivity contribution in [3.8, 4) is 11.5 Å². The molecular weight excluding hydrogens is 399 g/mol. The second-order valence-electron chi connectivity index (χ2n) is 5.27. The molecule has 136 valence electrons. The highest BCUT2D eigenvalue weighted by atomic mass is 35.5. The lowest BCUT2D eigenvalue weighted by Gasteiger charge is -2.15. The van der Waals surface area contributed by atoms with Crippen molar-refractivity contribution in [3.05, 3.63) is 62.9 Å². The Morgan fingerprint density at radius 3 is 2.50 bits per heavy atom. The average Bonchev–Trinajstić information content (AvgIpc) is 3.14. The lowest BCUT2D eigenvalue weighted by molar-refractivity contribution is 0.284. The summed E-state index contributed by atoms with van der Waals surface area (Å²) in [6.45, 7) is 0.641. The number of anilines is 1. The van der Waals surface area contributed by atoms with Gasteiger partial charge < -0.3 is 14.8 Å². The number of hydrogen-bond donors (Lipinski definition) is 2. The first-order valence-electron chi connectivity index (χ1n) is 7.60. The summed E-state index contributed by atoms with van der Waals surface area (Å²) in [4.78, 5) is 4.00. The Hall–Kier alpha value is -2.15. The summed E-state index contributed by atoms with van der Waals surface area (Å²) in [6.07, 6.45) is 1.42. The first kappa shape index (κ1) is 18.6. The minimum absolute atomic E-state index is 0.195. The highest BCUT2D eigenvalue weighted by Gasteiger charge is 2.13. The van der Waals surface area contributed by atoms with Gasteiger partial charge in [-0.15, -0.1) is 0 Å². The first-order chi connectivity index (χ1) is 12.6. The molecule has 26 heavy (non-hydrogen) atoms. The van der Waals surface area contributed by atoms with Crippen LogP contribution in [0.4, 0.5) is 5.95 Å². The molecule has 0 radical (unpaired) electrons. The highest BCUT2D eigenvalue weighted by Crippen LogP contribution is 2.35. The van der Waals surface area contributed by atoms with E-state index in [2.05, 4.69) is 20.5 Å². The summed E-state index contributed by atoms with van der Waals surface area (Å²) in [5.74, 6) is 1.59. The molecule has 0 aliphatic heterocycles. The van der Waals surface area contributed by atoms with E-state index in [1.54, 1.807) is 37.4 Å². The van der Waals surface area contributed by atoms with Gasteiger partial charge in [0, 0.05) is 33.2 Å². The molecule has 2 aromatic carbocycles. The zero-order valence-corrected chi connectivity index (χ0v) is 16.0. The van der Waals surface area contributed by atoms with Crippen LogP contribution in [0.2, 0.25) is 15.1 Å². The van der Waals surface area contributed by atoms with Crippen LogP contribution in [0.5, 0.6) is 11.5 Å². The topological polar surface area (TPSA) is 72.1 Å². The van der Waals surface area contributed by atoms with Crippen LogP contribution in [0.3, 0.4) is 0 Å². The van der Waals surface area contributed by atoms with E-state index in [9.17, 15) is 0 Å². The predicted octanol–water partition coefficient (Wildman–Crippen LogP) is 4.96. The number of H-pyrrole nitrogens is 1. The van der Waals surface area contributed by atoms with Crippen LogP contribution in [-0.4, -0.2) is 22.3 Å². The van der Waals surface area contributed by atoms with Gasteiger partial charge in [-0.25, -0.2) is 10.1 Å². The fraction of sp³-hybridized carbons (Fsp3) is 0.176. The number of ether oxygens (including phenoxy) is 2. The van der Waals surface area contributed by atoms with Gasteiger partial charge in [-0.2, -0.15) is 5.10 Å². The number of methoxy groups -OCH3 is 1. The van der Waals surface area contributed by atoms with Crippen LogP contribution in [-0.2, 0) is 13.2 Å². The maximum atomic E-state index is 6.37. The third-order valence-corrected chi connectivity index (χ3v) is 4.69. The van der Waals surface area contributed by atoms with Crippen molar-refractivity contribution in [2.45, 2.75) is 13.2 Å². The molecule has 0 amide bonds. The SMILES string of the molecule is COc1cc(CNc2ncn[nH]2)c(Cl)cc1OCc1c(Cl)cccc1Cl. The summed E-state index contributed by atoms with van der Waals surface area (Å²) in [6, 6.07) is 8.79. The van der Waals surface area contributed by atoms with Gasteiger partial charge in [0.05, 0.1) is 7.11 Å². The van der Waals surface area contributed by atoms with Crippen LogP contribution in [0.1, 0.15) is 11.1 Å². The van der Waals surface area contributed by atoms with Crippen LogP contribution in [0, 0.1) is 0 Å². The summed E-state index contributed by atoms with van der Waals surface area (Å²) in [7, 11) is 1.56. The van der Waals surface area contributed by atoms with E-state index >= 15 is 0 Å². The third-order valence-electron chi connectivity index (χ3n) is 3.63. The van der Waals surface area contributed by atoms with Gasteiger partial charge in [0.15, 0.2) is 11.5 Å². The molecule has 3 rings (SSSR count). The van der Waals surface area contributed by atoms with Crippen molar-refractivity contribution in [3.63, 3.8) is 0 Å². The maximum absolute atomic E-state index is 6.37. The first-order valence-corrected chi connectivity index (χ1v) is 8.73. The van der Waals surface area contributed by atoms with Crippen LogP contribution >= 0.6 is 34.8 Å². The molecule has 2 N–H and O–H groups in total. The Morgan fingerprint density at radius 1 is 1.08 bits per heavy atom. The number of aromatic amines is 1. The molecule has 0 saturated heterocycles. The molecule has 3 aromatic rings. The molecule has 1 heterocycles. The van der Waals surface area contributed by atoms with Gasteiger partial charge in [-0.3, -0.25) is 0 Å². The number of benzene rings is 2. The number of nitrogens with one attached hydrogen (secondary N) is 2. The second-order valence-corrected chi connectivity index (χ2v) is 6.49. The minimum atomic E-state index is 0.195. The minimum Gasteiger partial charge on any atom is -0.493 e. The Labute approximate surface area is 165 Å². The number of hydrogen-bond acceptors (Lipinski definition) is 5. The zero-order chi connectivity index (χ0) is 18.5. The van der Waals surface area contributed by atoms with Gasteiger partial charge >= 0.3 is 0 Å². The molecule has 1 aromatic heterocycles. The van der Waals surface area contributed by atoms with Gasteiger partial charge in [-0.1, -0.05) is 40.9 Å². The molecule has 0 atom stereocenters. The van der Waals surface area contributed by atoms with Crippen molar-refractivity contribution < 1.29 is 9.47 Å². The van der Waals surface area contributed by atoms with Gasteiger partial charge in [0.2, 0.25) is 5.95 Å². The van der Waals surface area contributed by atoms with Crippen molar-refractivity contribution in [1.82, 2.24) is 15.2 Å². The van der Waals surface area contributed by atoms with Gasteiger partial charge in [0.1, 0.15) is 12.9 Å². The van der Waals surface area contributed by atoms with Crippen LogP contribution in [0.15, 0.2) is 36.7 Å². The molecule has 0 fully saturated rings. The molecule has 0 spiro atoms. The summed E-state index contributed by atoms with van der Waals surface area (Å²) in [5.41, 5.74) is 1.52. The summed E-state index contributed by atoms with van der Waals surface area (Å²) >= 11 is 18.7. The highest BCUT2D eigenvalue weighted by molar-refractivity contribution is 6.36. The standard InChI is InChI=1S/C17H15Cl3N4O2/c1-25-15-5-10(7-21-17-22-9-23-24-17)14(20)6-16(15)26-8-11-12(18)3-2-4-13(11)19/h2-6,9H,7-8H2,1H3,(H2,21,22,23,24). The van der Waals surface area contributed by atoms with Crippen LogP contribution < -0.4 is 14.8 Å². The van der Waals surface area contributed by atoms with Gasteiger partial charge in [0.25, 0.3) is 0 Å². The molecule has 0 unspecified atom stereocenters. The van der Waals surface area contributed by atoms with Crippen molar-refractivity contribution >= 4 is 40.8 Å². The number of aromatic nitrogens is 3. The second kappa shape index (κ2) is 8.49. The fourth-order valence-electron chi connectivity index (χ4n) is 2.27. The third kappa shape index (κ3) is 4.33. The monoisotopic (exact) mass is 412 g/mol.